The van der Waals surface area contributed by atoms with E-state index in [1.54, 1.807) is 12.1 Å². The first-order valence-corrected chi connectivity index (χ1v) is 7.07. The maximum Gasteiger partial charge on any atom is 0.120 e. The Labute approximate surface area is 121 Å². The third kappa shape index (κ3) is 2.01. The molecule has 1 aliphatic carbocycles. The van der Waals surface area contributed by atoms with Crippen molar-refractivity contribution >= 4 is 23.2 Å². The molecule has 100 valence electrons. The first kappa shape index (κ1) is 12.8. The lowest BCUT2D eigenvalue weighted by Gasteiger charge is -2.15. The Morgan fingerprint density at radius 1 is 1.37 bits per heavy atom. The van der Waals surface area contributed by atoms with Crippen molar-refractivity contribution in [2.24, 2.45) is 0 Å². The Hall–Kier alpha value is -1.19. The van der Waals surface area contributed by atoms with Gasteiger partial charge in [-0.15, -0.1) is 0 Å². The fraction of sp³-hybridized carbons (Fsp3) is 0.357. The number of nitrogens with zero attached hydrogens (tertiary/aromatic N) is 2. The Kier molecular flexibility index (Phi) is 3.19. The van der Waals surface area contributed by atoms with E-state index in [4.69, 9.17) is 23.2 Å². The number of benzene rings is 1. The molecule has 2 aromatic rings. The number of rotatable bonds is 2. The molecule has 0 bridgehead atoms. The molecule has 1 N–H and O–H groups in total. The van der Waals surface area contributed by atoms with Crippen LogP contribution in [0.5, 0.6) is 5.75 Å². The second-order valence-electron chi connectivity index (χ2n) is 4.83. The van der Waals surface area contributed by atoms with Crippen molar-refractivity contribution in [3.05, 3.63) is 45.2 Å². The Bertz CT molecular complexity index is 637. The van der Waals surface area contributed by atoms with Gasteiger partial charge in [0.15, 0.2) is 0 Å². The number of hydrogen-bond donors (Lipinski definition) is 1. The maximum absolute atomic E-state index is 10.1. The number of aryl methyl sites for hydroxylation is 1. The van der Waals surface area contributed by atoms with Crippen LogP contribution in [0.3, 0.4) is 0 Å². The molecule has 19 heavy (non-hydrogen) atoms. The molecule has 1 aromatic carbocycles. The second kappa shape index (κ2) is 4.73. The molecule has 1 heterocycles. The van der Waals surface area contributed by atoms with E-state index < -0.39 is 0 Å². The molecule has 0 unspecified atom stereocenters. The van der Waals surface area contributed by atoms with Crippen LogP contribution in [0.2, 0.25) is 10.0 Å². The molecule has 1 atom stereocenters. The van der Waals surface area contributed by atoms with E-state index in [0.717, 1.165) is 24.9 Å². The molecule has 1 aliphatic rings. The van der Waals surface area contributed by atoms with Crippen molar-refractivity contribution in [2.75, 3.05) is 0 Å². The van der Waals surface area contributed by atoms with Gasteiger partial charge in [0.1, 0.15) is 5.75 Å². The van der Waals surface area contributed by atoms with Crippen LogP contribution in [0.1, 0.15) is 29.7 Å². The van der Waals surface area contributed by atoms with E-state index in [9.17, 15) is 5.11 Å². The number of aromatic nitrogens is 2. The normalized spacial score (nSPS) is 17.7. The highest BCUT2D eigenvalue weighted by atomic mass is 35.5. The van der Waals surface area contributed by atoms with Gasteiger partial charge < -0.3 is 5.11 Å². The SMILES string of the molecule is CCn1ncc2c1C[C@@H](c1c(O)ccc(Cl)c1Cl)C2. The zero-order valence-electron chi connectivity index (χ0n) is 10.5. The Balaban J connectivity index is 1.99. The summed E-state index contributed by atoms with van der Waals surface area (Å²) in [6, 6.07) is 3.23. The van der Waals surface area contributed by atoms with Gasteiger partial charge in [0.25, 0.3) is 0 Å². The minimum atomic E-state index is 0.178. The van der Waals surface area contributed by atoms with Crippen molar-refractivity contribution in [3.63, 3.8) is 0 Å². The van der Waals surface area contributed by atoms with Crippen LogP contribution in [0.4, 0.5) is 0 Å². The first-order valence-electron chi connectivity index (χ1n) is 6.32. The number of phenolic OH excluding ortho intramolecular Hbond substituents is 1. The lowest BCUT2D eigenvalue weighted by Crippen LogP contribution is -2.05. The standard InChI is InChI=1S/C14H14Cl2N2O/c1-2-18-11-6-8(5-9(11)7-17-18)13-12(19)4-3-10(15)14(13)16/h3-4,7-8,19H,2,5-6H2,1H3/t8-/m0/s1. The lowest BCUT2D eigenvalue weighted by atomic mass is 9.95. The van der Waals surface area contributed by atoms with Gasteiger partial charge in [-0.3, -0.25) is 4.68 Å². The summed E-state index contributed by atoms with van der Waals surface area (Å²) in [4.78, 5) is 0. The number of hydrogen-bond acceptors (Lipinski definition) is 2. The molecule has 0 aliphatic heterocycles. The van der Waals surface area contributed by atoms with Crippen LogP contribution < -0.4 is 0 Å². The van der Waals surface area contributed by atoms with Crippen LogP contribution >= 0.6 is 23.2 Å². The third-order valence-electron chi connectivity index (χ3n) is 3.76. The van der Waals surface area contributed by atoms with Gasteiger partial charge in [-0.25, -0.2) is 0 Å². The van der Waals surface area contributed by atoms with Crippen LogP contribution in [0.15, 0.2) is 18.3 Å². The van der Waals surface area contributed by atoms with Crippen LogP contribution in [-0.2, 0) is 19.4 Å². The van der Waals surface area contributed by atoms with Gasteiger partial charge in [-0.05, 0) is 43.4 Å². The van der Waals surface area contributed by atoms with E-state index >= 15 is 0 Å². The van der Waals surface area contributed by atoms with E-state index in [1.165, 1.54) is 11.3 Å². The Morgan fingerprint density at radius 2 is 2.16 bits per heavy atom. The summed E-state index contributed by atoms with van der Waals surface area (Å²) >= 11 is 12.3. The molecule has 0 fully saturated rings. The van der Waals surface area contributed by atoms with Crippen LogP contribution in [0.25, 0.3) is 0 Å². The van der Waals surface area contributed by atoms with Crippen molar-refractivity contribution in [1.82, 2.24) is 9.78 Å². The van der Waals surface area contributed by atoms with Crippen molar-refractivity contribution in [1.29, 1.82) is 0 Å². The predicted molar refractivity (Wildman–Crippen MR) is 76.2 cm³/mol. The number of phenols is 1. The third-order valence-corrected chi connectivity index (χ3v) is 4.58. The zero-order chi connectivity index (χ0) is 13.6. The number of fused-ring (bicyclic) bond motifs is 1. The molecule has 3 rings (SSSR count). The summed E-state index contributed by atoms with van der Waals surface area (Å²) in [7, 11) is 0. The summed E-state index contributed by atoms with van der Waals surface area (Å²) in [6.45, 7) is 2.93. The molecule has 1 aromatic heterocycles. The largest absolute Gasteiger partial charge is 0.508 e. The van der Waals surface area contributed by atoms with E-state index in [2.05, 4.69) is 12.0 Å². The second-order valence-corrected chi connectivity index (χ2v) is 5.62. The summed E-state index contributed by atoms with van der Waals surface area (Å²) in [6.07, 6.45) is 3.61. The van der Waals surface area contributed by atoms with E-state index in [0.29, 0.717) is 10.0 Å². The fourth-order valence-corrected chi connectivity index (χ4v) is 3.33. The topological polar surface area (TPSA) is 38.0 Å². The number of halogens is 2. The molecule has 0 radical (unpaired) electrons. The fourth-order valence-electron chi connectivity index (χ4n) is 2.85. The van der Waals surface area contributed by atoms with Gasteiger partial charge >= 0.3 is 0 Å². The molecule has 0 saturated heterocycles. The summed E-state index contributed by atoms with van der Waals surface area (Å²) < 4.78 is 2.00. The van der Waals surface area contributed by atoms with Gasteiger partial charge in [-0.1, -0.05) is 23.2 Å². The highest BCUT2D eigenvalue weighted by molar-refractivity contribution is 6.42. The van der Waals surface area contributed by atoms with E-state index in [-0.39, 0.29) is 11.7 Å². The highest BCUT2D eigenvalue weighted by Crippen LogP contribution is 2.43. The lowest BCUT2D eigenvalue weighted by molar-refractivity contribution is 0.461. The molecule has 0 spiro atoms. The highest BCUT2D eigenvalue weighted by Gasteiger charge is 2.30. The molecule has 5 heteroatoms. The van der Waals surface area contributed by atoms with Gasteiger partial charge in [0, 0.05) is 17.8 Å². The molecule has 0 saturated carbocycles. The molecule has 3 nitrogen and oxygen atoms in total. The minimum absolute atomic E-state index is 0.178. The van der Waals surface area contributed by atoms with Gasteiger partial charge in [-0.2, -0.15) is 5.10 Å². The quantitative estimate of drug-likeness (QED) is 0.915. The average Bonchev–Trinajstić information content (AvgIpc) is 2.94. The van der Waals surface area contributed by atoms with Gasteiger partial charge in [0.2, 0.25) is 0 Å². The van der Waals surface area contributed by atoms with Crippen molar-refractivity contribution in [3.8, 4) is 5.75 Å². The summed E-state index contributed by atoms with van der Waals surface area (Å²) in [5.74, 6) is 0.401. The Morgan fingerprint density at radius 3 is 2.89 bits per heavy atom. The monoisotopic (exact) mass is 296 g/mol. The summed E-state index contributed by atoms with van der Waals surface area (Å²) in [5.41, 5.74) is 3.23. The smallest absolute Gasteiger partial charge is 0.120 e. The predicted octanol–water partition coefficient (Wildman–Crippen LogP) is 3.80. The molecular weight excluding hydrogens is 283 g/mol. The number of aromatic hydroxyl groups is 1. The van der Waals surface area contributed by atoms with E-state index in [1.807, 2.05) is 10.9 Å². The molecular formula is C14H14Cl2N2O. The molecule has 0 amide bonds. The van der Waals surface area contributed by atoms with Crippen molar-refractivity contribution < 1.29 is 5.11 Å². The van der Waals surface area contributed by atoms with Crippen molar-refractivity contribution in [2.45, 2.75) is 32.2 Å². The first-order chi connectivity index (χ1) is 9.11. The van der Waals surface area contributed by atoms with Crippen LogP contribution in [0, 0.1) is 0 Å². The average molecular weight is 297 g/mol. The minimum Gasteiger partial charge on any atom is -0.508 e. The van der Waals surface area contributed by atoms with Crippen LogP contribution in [-0.4, -0.2) is 14.9 Å². The zero-order valence-corrected chi connectivity index (χ0v) is 12.0. The maximum atomic E-state index is 10.1. The summed E-state index contributed by atoms with van der Waals surface area (Å²) in [5, 5.41) is 15.3. The van der Waals surface area contributed by atoms with Gasteiger partial charge in [0.05, 0.1) is 16.2 Å².